The number of aromatic nitrogens is 3. The SMILES string of the molecule is Cc1ccc(-c2oc3ccccc3c(=O)c2OCc2nnn(C3CC(c4ccc(Cl)cc4)OC(c4ccc(Cl)cc4)C3)c2I)cc1. The molecule has 0 saturated carbocycles. The predicted molar refractivity (Wildman–Crippen MR) is 187 cm³/mol. The molecule has 0 amide bonds. The lowest BCUT2D eigenvalue weighted by Crippen LogP contribution is -2.27. The molecular weight excluding hydrogens is 736 g/mol. The molecule has 1 aliphatic rings. The third kappa shape index (κ3) is 6.31. The van der Waals surface area contributed by atoms with E-state index in [9.17, 15) is 4.79 Å². The molecule has 2 atom stereocenters. The van der Waals surface area contributed by atoms with Crippen molar-refractivity contribution < 1.29 is 13.9 Å². The molecule has 1 saturated heterocycles. The number of aryl methyl sites for hydroxylation is 1. The molecule has 0 radical (unpaired) electrons. The summed E-state index contributed by atoms with van der Waals surface area (Å²) in [5.41, 5.74) is 4.83. The monoisotopic (exact) mass is 763 g/mol. The minimum Gasteiger partial charge on any atom is -0.480 e. The van der Waals surface area contributed by atoms with E-state index in [1.54, 1.807) is 12.1 Å². The van der Waals surface area contributed by atoms with E-state index in [4.69, 9.17) is 37.1 Å². The fourth-order valence-electron chi connectivity index (χ4n) is 5.81. The highest BCUT2D eigenvalue weighted by Crippen LogP contribution is 2.44. The van der Waals surface area contributed by atoms with Crippen molar-refractivity contribution in [2.24, 2.45) is 0 Å². The summed E-state index contributed by atoms with van der Waals surface area (Å²) in [6.45, 7) is 2.06. The van der Waals surface area contributed by atoms with Crippen LogP contribution in [0.1, 0.15) is 53.5 Å². The van der Waals surface area contributed by atoms with Gasteiger partial charge in [0.25, 0.3) is 0 Å². The summed E-state index contributed by atoms with van der Waals surface area (Å²) in [5.74, 6) is 0.525. The predicted octanol–water partition coefficient (Wildman–Crippen LogP) is 9.68. The van der Waals surface area contributed by atoms with Gasteiger partial charge in [-0.05, 0) is 77.0 Å². The molecule has 6 aromatic rings. The average Bonchev–Trinajstić information content (AvgIpc) is 3.45. The number of hydrogen-bond donors (Lipinski definition) is 0. The normalized spacial score (nSPS) is 18.1. The Morgan fingerprint density at radius 1 is 0.870 bits per heavy atom. The summed E-state index contributed by atoms with van der Waals surface area (Å²) >= 11 is 14.6. The molecule has 10 heteroatoms. The van der Waals surface area contributed by atoms with E-state index in [0.29, 0.717) is 45.3 Å². The average molecular weight is 764 g/mol. The van der Waals surface area contributed by atoms with Crippen LogP contribution in [0.5, 0.6) is 5.75 Å². The molecule has 4 aromatic carbocycles. The molecule has 0 N–H and O–H groups in total. The van der Waals surface area contributed by atoms with Crippen molar-refractivity contribution in [3.8, 4) is 17.1 Å². The minimum absolute atomic E-state index is 0.0166. The number of fused-ring (bicyclic) bond motifs is 1. The Balaban J connectivity index is 1.19. The lowest BCUT2D eigenvalue weighted by atomic mass is 9.91. The number of hydrogen-bond acceptors (Lipinski definition) is 6. The summed E-state index contributed by atoms with van der Waals surface area (Å²) in [5, 5.41) is 10.9. The second kappa shape index (κ2) is 13.2. The van der Waals surface area contributed by atoms with Gasteiger partial charge in [0.1, 0.15) is 21.6 Å². The zero-order chi connectivity index (χ0) is 31.8. The van der Waals surface area contributed by atoms with Crippen LogP contribution in [0.15, 0.2) is 106 Å². The van der Waals surface area contributed by atoms with Crippen LogP contribution in [0.3, 0.4) is 0 Å². The maximum Gasteiger partial charge on any atom is 0.235 e. The highest BCUT2D eigenvalue weighted by Gasteiger charge is 2.34. The van der Waals surface area contributed by atoms with Crippen LogP contribution in [0.2, 0.25) is 10.0 Å². The van der Waals surface area contributed by atoms with Gasteiger partial charge in [-0.2, -0.15) is 0 Å². The molecule has 7 rings (SSSR count). The highest BCUT2D eigenvalue weighted by atomic mass is 127. The Kier molecular flexibility index (Phi) is 8.87. The second-order valence-corrected chi connectivity index (χ2v) is 13.2. The van der Waals surface area contributed by atoms with Gasteiger partial charge in [0.2, 0.25) is 11.2 Å². The fourth-order valence-corrected chi connectivity index (χ4v) is 6.82. The van der Waals surface area contributed by atoms with Crippen LogP contribution >= 0.6 is 45.8 Å². The standard InChI is InChI=1S/C36H28Cl2IN3O4/c1-21-6-8-24(9-7-21)34-35(33(43)28-4-2-3-5-30(28)46-34)44-20-29-36(39)42(41-40-29)27-18-31(22-10-14-25(37)15-11-22)45-32(19-27)23-12-16-26(38)17-13-23/h2-17,27,31-32H,18-20H2,1H3. The summed E-state index contributed by atoms with van der Waals surface area (Å²) < 4.78 is 21.9. The van der Waals surface area contributed by atoms with Gasteiger partial charge in [-0.1, -0.05) is 94.6 Å². The Hall–Kier alpha value is -3.70. The molecule has 3 heterocycles. The number of benzene rings is 4. The first kappa shape index (κ1) is 30.9. The topological polar surface area (TPSA) is 79.4 Å². The van der Waals surface area contributed by atoms with Crippen molar-refractivity contribution in [3.05, 3.63) is 143 Å². The maximum atomic E-state index is 13.7. The third-order valence-corrected chi connectivity index (χ3v) is 9.88. The van der Waals surface area contributed by atoms with Crippen molar-refractivity contribution in [2.45, 2.75) is 44.6 Å². The third-order valence-electron chi connectivity index (χ3n) is 8.25. The van der Waals surface area contributed by atoms with Crippen molar-refractivity contribution in [1.82, 2.24) is 15.0 Å². The van der Waals surface area contributed by atoms with Gasteiger partial charge in [-0.25, -0.2) is 4.68 Å². The Morgan fingerprint density at radius 2 is 1.48 bits per heavy atom. The van der Waals surface area contributed by atoms with Gasteiger partial charge in [-0.15, -0.1) is 5.10 Å². The smallest absolute Gasteiger partial charge is 0.235 e. The zero-order valence-corrected chi connectivity index (χ0v) is 28.4. The molecule has 1 fully saturated rings. The highest BCUT2D eigenvalue weighted by molar-refractivity contribution is 14.1. The molecule has 232 valence electrons. The first-order valence-corrected chi connectivity index (χ1v) is 16.7. The van der Waals surface area contributed by atoms with E-state index in [1.165, 1.54) is 0 Å². The first-order valence-electron chi connectivity index (χ1n) is 14.9. The van der Waals surface area contributed by atoms with E-state index < -0.39 is 0 Å². The van der Waals surface area contributed by atoms with E-state index in [-0.39, 0.29) is 36.0 Å². The van der Waals surface area contributed by atoms with Crippen molar-refractivity contribution in [1.29, 1.82) is 0 Å². The van der Waals surface area contributed by atoms with Gasteiger partial charge in [-0.3, -0.25) is 4.79 Å². The second-order valence-electron chi connectivity index (χ2n) is 11.4. The first-order chi connectivity index (χ1) is 22.3. The van der Waals surface area contributed by atoms with Crippen LogP contribution < -0.4 is 10.2 Å². The number of ether oxygens (including phenoxy) is 2. The molecule has 0 aliphatic carbocycles. The van der Waals surface area contributed by atoms with Crippen LogP contribution in [0.4, 0.5) is 0 Å². The summed E-state index contributed by atoms with van der Waals surface area (Å²) in [4.78, 5) is 13.7. The Morgan fingerprint density at radius 3 is 2.11 bits per heavy atom. The molecule has 46 heavy (non-hydrogen) atoms. The zero-order valence-electron chi connectivity index (χ0n) is 24.7. The molecule has 0 spiro atoms. The maximum absolute atomic E-state index is 13.7. The van der Waals surface area contributed by atoms with Gasteiger partial charge in [0.05, 0.1) is 23.6 Å². The van der Waals surface area contributed by atoms with Crippen LogP contribution in [0, 0.1) is 10.6 Å². The molecule has 2 aromatic heterocycles. The molecule has 1 aliphatic heterocycles. The van der Waals surface area contributed by atoms with E-state index >= 15 is 0 Å². The van der Waals surface area contributed by atoms with Crippen molar-refractivity contribution in [3.63, 3.8) is 0 Å². The van der Waals surface area contributed by atoms with Gasteiger partial charge < -0.3 is 13.9 Å². The van der Waals surface area contributed by atoms with Crippen molar-refractivity contribution in [2.75, 3.05) is 0 Å². The Labute approximate surface area is 289 Å². The lowest BCUT2D eigenvalue weighted by Gasteiger charge is -2.36. The summed E-state index contributed by atoms with van der Waals surface area (Å²) in [6.07, 6.45) is 1.01. The molecule has 2 unspecified atom stereocenters. The number of halogens is 3. The quantitative estimate of drug-likeness (QED) is 0.151. The molecule has 0 bridgehead atoms. The molecular formula is C36H28Cl2IN3O4. The van der Waals surface area contributed by atoms with E-state index in [2.05, 4.69) is 32.9 Å². The number of para-hydroxylation sites is 1. The van der Waals surface area contributed by atoms with Gasteiger partial charge in [0.15, 0.2) is 5.76 Å². The van der Waals surface area contributed by atoms with Crippen LogP contribution in [0.25, 0.3) is 22.3 Å². The fraction of sp³-hybridized carbons (Fsp3) is 0.194. The minimum atomic E-state index is -0.235. The van der Waals surface area contributed by atoms with Gasteiger partial charge in [0, 0.05) is 28.5 Å². The molecule has 7 nitrogen and oxygen atoms in total. The number of nitrogens with zero attached hydrogens (tertiary/aromatic N) is 3. The largest absolute Gasteiger partial charge is 0.480 e. The van der Waals surface area contributed by atoms with E-state index in [1.807, 2.05) is 96.5 Å². The van der Waals surface area contributed by atoms with E-state index in [0.717, 1.165) is 26.0 Å². The summed E-state index contributed by atoms with van der Waals surface area (Å²) in [6, 6.07) is 30.5. The van der Waals surface area contributed by atoms with Crippen molar-refractivity contribution >= 4 is 56.8 Å². The lowest BCUT2D eigenvalue weighted by molar-refractivity contribution is -0.0745. The van der Waals surface area contributed by atoms with Crippen LogP contribution in [-0.4, -0.2) is 15.0 Å². The Bertz CT molecular complexity index is 2010. The number of rotatable bonds is 7. The van der Waals surface area contributed by atoms with Gasteiger partial charge >= 0.3 is 0 Å². The summed E-state index contributed by atoms with van der Waals surface area (Å²) in [7, 11) is 0. The van der Waals surface area contributed by atoms with Crippen LogP contribution in [-0.2, 0) is 11.3 Å².